The van der Waals surface area contributed by atoms with E-state index in [9.17, 15) is 9.46 Å². The maximum Gasteiger partial charge on any atom is 0.214 e. The van der Waals surface area contributed by atoms with Crippen LogP contribution in [-0.4, -0.2) is 36.3 Å². The van der Waals surface area contributed by atoms with Crippen molar-refractivity contribution in [3.8, 4) is 0 Å². The van der Waals surface area contributed by atoms with Gasteiger partial charge in [-0.25, -0.2) is 0 Å². The van der Waals surface area contributed by atoms with Crippen LogP contribution in [0.5, 0.6) is 0 Å². The van der Waals surface area contributed by atoms with E-state index in [1.165, 1.54) is 0 Å². The normalized spacial score (nSPS) is 22.2. The van der Waals surface area contributed by atoms with Crippen LogP contribution in [0.1, 0.15) is 6.92 Å². The fourth-order valence-corrected chi connectivity index (χ4v) is 4.04. The smallest absolute Gasteiger partial charge is 0.214 e. The van der Waals surface area contributed by atoms with Crippen LogP contribution in [0, 0.1) is 11.8 Å². The summed E-state index contributed by atoms with van der Waals surface area (Å²) in [4.78, 5) is 11.6. The highest BCUT2D eigenvalue weighted by Gasteiger charge is 2.25. The van der Waals surface area contributed by atoms with Crippen LogP contribution in [0.4, 0.5) is 0 Å². The van der Waals surface area contributed by atoms with Crippen molar-refractivity contribution in [3.05, 3.63) is 24.3 Å². The first-order valence-electron chi connectivity index (χ1n) is 5.21. The van der Waals surface area contributed by atoms with E-state index in [0.29, 0.717) is 12.1 Å². The molecule has 1 rings (SSSR count). The van der Waals surface area contributed by atoms with E-state index in [1.54, 1.807) is 4.90 Å². The van der Waals surface area contributed by atoms with E-state index in [2.05, 4.69) is 12.2 Å². The SMILES string of the molecule is CC(CP(=O)(O)CN(C)C)C1C=CC=C1. The Balaban J connectivity index is 2.49. The lowest BCUT2D eigenvalue weighted by atomic mass is 9.98. The third-order valence-electron chi connectivity index (χ3n) is 2.51. The lowest BCUT2D eigenvalue weighted by Crippen LogP contribution is -2.18. The van der Waals surface area contributed by atoms with Crippen molar-refractivity contribution in [2.45, 2.75) is 6.92 Å². The summed E-state index contributed by atoms with van der Waals surface area (Å²) in [5, 5.41) is 0. The Hall–Kier alpha value is -0.370. The Morgan fingerprint density at radius 3 is 2.40 bits per heavy atom. The van der Waals surface area contributed by atoms with Crippen LogP contribution < -0.4 is 0 Å². The Morgan fingerprint density at radius 2 is 1.93 bits per heavy atom. The standard InChI is InChI=1S/C11H20NO2P/c1-10(11-6-4-5-7-11)8-15(13,14)9-12(2)3/h4-7,10-11H,8-9H2,1-3H3,(H,13,14). The molecule has 0 bridgehead atoms. The van der Waals surface area contributed by atoms with Crippen LogP contribution in [0.3, 0.4) is 0 Å². The van der Waals surface area contributed by atoms with Gasteiger partial charge >= 0.3 is 0 Å². The highest BCUT2D eigenvalue weighted by molar-refractivity contribution is 7.57. The zero-order valence-electron chi connectivity index (χ0n) is 9.63. The molecule has 0 fully saturated rings. The van der Waals surface area contributed by atoms with Crippen molar-refractivity contribution in [1.82, 2.24) is 4.90 Å². The van der Waals surface area contributed by atoms with E-state index in [-0.39, 0.29) is 12.2 Å². The molecule has 0 saturated heterocycles. The van der Waals surface area contributed by atoms with Gasteiger partial charge in [0.25, 0.3) is 0 Å². The van der Waals surface area contributed by atoms with E-state index < -0.39 is 7.37 Å². The summed E-state index contributed by atoms with van der Waals surface area (Å²) < 4.78 is 11.9. The molecule has 0 aromatic carbocycles. The van der Waals surface area contributed by atoms with E-state index in [4.69, 9.17) is 0 Å². The molecule has 0 spiro atoms. The maximum absolute atomic E-state index is 11.9. The van der Waals surface area contributed by atoms with Crippen LogP contribution in [0.25, 0.3) is 0 Å². The second-order valence-electron chi connectivity index (χ2n) is 4.57. The molecule has 0 aromatic heterocycles. The van der Waals surface area contributed by atoms with Gasteiger partial charge in [0.1, 0.15) is 0 Å². The van der Waals surface area contributed by atoms with Gasteiger partial charge in [0.2, 0.25) is 7.37 Å². The molecule has 1 N–H and O–H groups in total. The van der Waals surface area contributed by atoms with Crippen LogP contribution in [0.15, 0.2) is 24.3 Å². The minimum Gasteiger partial charge on any atom is -0.343 e. The first-order valence-corrected chi connectivity index (χ1v) is 7.24. The quantitative estimate of drug-likeness (QED) is 0.734. The van der Waals surface area contributed by atoms with Crippen LogP contribution in [0.2, 0.25) is 0 Å². The minimum absolute atomic E-state index is 0.232. The second kappa shape index (κ2) is 5.11. The van der Waals surface area contributed by atoms with Gasteiger partial charge in [-0.3, -0.25) is 4.57 Å². The fourth-order valence-electron chi connectivity index (χ4n) is 1.90. The van der Waals surface area contributed by atoms with Gasteiger partial charge in [-0.15, -0.1) is 0 Å². The maximum atomic E-state index is 11.9. The highest BCUT2D eigenvalue weighted by Crippen LogP contribution is 2.44. The van der Waals surface area contributed by atoms with Crippen molar-refractivity contribution in [1.29, 1.82) is 0 Å². The van der Waals surface area contributed by atoms with E-state index in [1.807, 2.05) is 33.2 Å². The molecule has 4 heteroatoms. The molecule has 1 aliphatic rings. The number of allylic oxidation sites excluding steroid dienone is 4. The third kappa shape index (κ3) is 4.33. The Labute approximate surface area is 91.9 Å². The number of rotatable bonds is 5. The van der Waals surface area contributed by atoms with Gasteiger partial charge in [0.05, 0.1) is 6.29 Å². The van der Waals surface area contributed by atoms with Gasteiger partial charge in [-0.05, 0) is 25.9 Å². The Bertz CT molecular complexity index is 298. The molecule has 15 heavy (non-hydrogen) atoms. The molecular weight excluding hydrogens is 209 g/mol. The molecule has 86 valence electrons. The Morgan fingerprint density at radius 1 is 1.40 bits per heavy atom. The number of nitrogens with zero attached hydrogens (tertiary/aromatic N) is 1. The monoisotopic (exact) mass is 229 g/mol. The lowest BCUT2D eigenvalue weighted by molar-refractivity contribution is 0.402. The molecule has 0 saturated carbocycles. The van der Waals surface area contributed by atoms with Gasteiger partial charge in [0.15, 0.2) is 0 Å². The molecule has 3 nitrogen and oxygen atoms in total. The van der Waals surface area contributed by atoms with Crippen molar-refractivity contribution >= 4 is 7.37 Å². The molecule has 1 aliphatic carbocycles. The first kappa shape index (κ1) is 12.7. The van der Waals surface area contributed by atoms with E-state index in [0.717, 1.165) is 0 Å². The molecule has 0 amide bonds. The summed E-state index contributed by atoms with van der Waals surface area (Å²) in [5.41, 5.74) is 0. The summed E-state index contributed by atoms with van der Waals surface area (Å²) in [6, 6.07) is 0. The summed E-state index contributed by atoms with van der Waals surface area (Å²) >= 11 is 0. The molecule has 0 aromatic rings. The average Bonchev–Trinajstić information content (AvgIpc) is 2.50. The molecule has 0 aliphatic heterocycles. The minimum atomic E-state index is -3.00. The molecule has 0 heterocycles. The third-order valence-corrected chi connectivity index (χ3v) is 4.67. The number of hydrogen-bond acceptors (Lipinski definition) is 2. The lowest BCUT2D eigenvalue weighted by Gasteiger charge is -2.22. The Kier molecular flexibility index (Phi) is 4.32. The fraction of sp³-hybridized carbons (Fsp3) is 0.636. The van der Waals surface area contributed by atoms with Gasteiger partial charge in [-0.2, -0.15) is 0 Å². The summed E-state index contributed by atoms with van der Waals surface area (Å²) in [7, 11) is 0.646. The van der Waals surface area contributed by atoms with E-state index >= 15 is 0 Å². The van der Waals surface area contributed by atoms with Crippen LogP contribution >= 0.6 is 7.37 Å². The van der Waals surface area contributed by atoms with Crippen LogP contribution in [-0.2, 0) is 4.57 Å². The highest BCUT2D eigenvalue weighted by atomic mass is 31.2. The largest absolute Gasteiger partial charge is 0.343 e. The van der Waals surface area contributed by atoms with Crippen molar-refractivity contribution in [2.24, 2.45) is 11.8 Å². The average molecular weight is 229 g/mol. The summed E-state index contributed by atoms with van der Waals surface area (Å²) in [6.45, 7) is 2.03. The molecular formula is C11H20NO2P. The van der Waals surface area contributed by atoms with Crippen molar-refractivity contribution in [3.63, 3.8) is 0 Å². The van der Waals surface area contributed by atoms with Gasteiger partial charge < -0.3 is 9.79 Å². The zero-order chi connectivity index (χ0) is 11.5. The predicted molar refractivity (Wildman–Crippen MR) is 64.2 cm³/mol. The topological polar surface area (TPSA) is 40.5 Å². The van der Waals surface area contributed by atoms with Gasteiger partial charge in [0, 0.05) is 6.16 Å². The first-order chi connectivity index (χ1) is 6.91. The number of hydrogen-bond donors (Lipinski definition) is 1. The molecule has 2 unspecified atom stereocenters. The van der Waals surface area contributed by atoms with Crippen molar-refractivity contribution in [2.75, 3.05) is 26.5 Å². The summed E-state index contributed by atoms with van der Waals surface area (Å²) in [6.07, 6.45) is 8.83. The predicted octanol–water partition coefficient (Wildman–Crippen LogP) is 2.15. The zero-order valence-corrected chi connectivity index (χ0v) is 10.5. The molecule has 0 radical (unpaired) electrons. The van der Waals surface area contributed by atoms with Crippen molar-refractivity contribution < 1.29 is 9.46 Å². The second-order valence-corrected chi connectivity index (χ2v) is 6.91. The molecule has 2 atom stereocenters. The summed E-state index contributed by atoms with van der Waals surface area (Å²) in [5.74, 6) is 0.559. The van der Waals surface area contributed by atoms with Gasteiger partial charge in [-0.1, -0.05) is 31.2 Å².